The minimum absolute atomic E-state index is 0.242. The lowest BCUT2D eigenvalue weighted by Crippen LogP contribution is -2.37. The maximum atomic E-state index is 14.5. The van der Waals surface area contributed by atoms with Crippen LogP contribution in [0, 0.1) is 12.7 Å². The lowest BCUT2D eigenvalue weighted by molar-refractivity contribution is -0.669. The predicted octanol–water partition coefficient (Wildman–Crippen LogP) is 9.56. The molecular weight excluding hydrogens is 455 g/mol. The fourth-order valence-electron chi connectivity index (χ4n) is 5.20. The summed E-state index contributed by atoms with van der Waals surface area (Å²) >= 11 is 6.33. The smallest absolute Gasteiger partial charge is 0.227 e. The van der Waals surface area contributed by atoms with E-state index < -0.39 is 0 Å². The third-order valence-corrected chi connectivity index (χ3v) is 7.71. The molecule has 4 heteroatoms. The maximum absolute atomic E-state index is 14.5. The van der Waals surface area contributed by atoms with Gasteiger partial charge in [0.05, 0.1) is 11.6 Å². The van der Waals surface area contributed by atoms with Crippen molar-refractivity contribution in [2.24, 2.45) is 0 Å². The second-order valence-electron chi connectivity index (χ2n) is 10.1. The molecule has 0 amide bonds. The summed E-state index contributed by atoms with van der Waals surface area (Å²) in [7, 11) is 0. The van der Waals surface area contributed by atoms with Gasteiger partial charge in [-0.15, -0.1) is 0 Å². The molecule has 2 aromatic carbocycles. The number of imidazole rings is 1. The Kier molecular flexibility index (Phi) is 12.1. The van der Waals surface area contributed by atoms with Crippen molar-refractivity contribution in [3.05, 3.63) is 64.7 Å². The van der Waals surface area contributed by atoms with Crippen molar-refractivity contribution >= 4 is 22.6 Å². The van der Waals surface area contributed by atoms with E-state index in [-0.39, 0.29) is 5.82 Å². The topological polar surface area (TPSA) is 8.81 Å². The minimum Gasteiger partial charge on any atom is -0.227 e. The van der Waals surface area contributed by atoms with Gasteiger partial charge in [0.1, 0.15) is 12.4 Å². The van der Waals surface area contributed by atoms with Gasteiger partial charge in [-0.25, -0.2) is 13.5 Å². The van der Waals surface area contributed by atoms with Gasteiger partial charge in [-0.3, -0.25) is 0 Å². The van der Waals surface area contributed by atoms with Crippen LogP contribution in [0.15, 0.2) is 42.5 Å². The second kappa shape index (κ2) is 15.3. The molecule has 3 aromatic rings. The number of aromatic nitrogens is 2. The van der Waals surface area contributed by atoms with Crippen LogP contribution < -0.4 is 4.57 Å². The van der Waals surface area contributed by atoms with Crippen molar-refractivity contribution < 1.29 is 8.96 Å². The van der Waals surface area contributed by atoms with E-state index in [1.807, 2.05) is 0 Å². The van der Waals surface area contributed by atoms with E-state index in [2.05, 4.69) is 47.2 Å². The molecule has 0 radical (unpaired) electrons. The van der Waals surface area contributed by atoms with Crippen LogP contribution in [0.1, 0.15) is 108 Å². The molecule has 0 bridgehead atoms. The third-order valence-electron chi connectivity index (χ3n) is 7.36. The largest absolute Gasteiger partial charge is 0.254 e. The van der Waals surface area contributed by atoms with Crippen molar-refractivity contribution in [3.63, 3.8) is 0 Å². The number of nitrogens with zero attached hydrogens (tertiary/aromatic N) is 2. The normalized spacial score (nSPS) is 11.5. The number of fused-ring (bicyclic) bond motifs is 1. The van der Waals surface area contributed by atoms with Crippen molar-refractivity contribution in [3.8, 4) is 0 Å². The fourth-order valence-corrected chi connectivity index (χ4v) is 5.43. The summed E-state index contributed by atoms with van der Waals surface area (Å²) in [4.78, 5) is 0. The van der Waals surface area contributed by atoms with Gasteiger partial charge in [-0.1, -0.05) is 114 Å². The van der Waals surface area contributed by atoms with E-state index in [0.717, 1.165) is 17.9 Å². The zero-order chi connectivity index (χ0) is 24.9. The van der Waals surface area contributed by atoms with E-state index >= 15 is 0 Å². The highest BCUT2D eigenvalue weighted by atomic mass is 35.5. The molecule has 3 rings (SSSR count). The van der Waals surface area contributed by atoms with E-state index in [1.54, 1.807) is 12.1 Å². The monoisotopic (exact) mass is 499 g/mol. The molecule has 0 unspecified atom stereocenters. The van der Waals surface area contributed by atoms with E-state index in [9.17, 15) is 4.39 Å². The first kappa shape index (κ1) is 27.7. The first-order valence-corrected chi connectivity index (χ1v) is 14.4. The van der Waals surface area contributed by atoms with Gasteiger partial charge < -0.3 is 0 Å². The zero-order valence-electron chi connectivity index (χ0n) is 22.0. The number of hydrogen-bond donors (Lipinski definition) is 0. The van der Waals surface area contributed by atoms with Gasteiger partial charge in [0, 0.05) is 12.5 Å². The Bertz CT molecular complexity index is 1010. The Hall–Kier alpha value is -1.87. The number of para-hydroxylation sites is 2. The van der Waals surface area contributed by atoms with E-state index in [1.165, 1.54) is 101 Å². The average Bonchev–Trinajstić information content (AvgIpc) is 3.12. The summed E-state index contributed by atoms with van der Waals surface area (Å²) in [5.41, 5.74) is 2.91. The van der Waals surface area contributed by atoms with Crippen molar-refractivity contribution in [1.29, 1.82) is 0 Å². The molecule has 0 aliphatic heterocycles. The van der Waals surface area contributed by atoms with Crippen LogP contribution >= 0.6 is 11.6 Å². The van der Waals surface area contributed by atoms with Crippen molar-refractivity contribution in [2.45, 2.75) is 117 Å². The van der Waals surface area contributed by atoms with Gasteiger partial charge in [0.25, 0.3) is 5.82 Å². The first-order valence-electron chi connectivity index (χ1n) is 14.0. The van der Waals surface area contributed by atoms with Gasteiger partial charge in [-0.05, 0) is 37.1 Å². The van der Waals surface area contributed by atoms with Crippen LogP contribution in [0.4, 0.5) is 4.39 Å². The molecule has 0 aliphatic carbocycles. The van der Waals surface area contributed by atoms with Crippen LogP contribution in [0.2, 0.25) is 5.02 Å². The number of hydrogen-bond acceptors (Lipinski definition) is 0. The van der Waals surface area contributed by atoms with Gasteiger partial charge in [-0.2, -0.15) is 0 Å². The Balaban J connectivity index is 1.41. The molecule has 0 N–H and O–H groups in total. The number of halogens is 2. The highest BCUT2D eigenvalue weighted by Gasteiger charge is 2.23. The fraction of sp³-hybridized carbons (Fsp3) is 0.581. The molecule has 0 saturated heterocycles. The molecule has 0 aliphatic rings. The summed E-state index contributed by atoms with van der Waals surface area (Å²) in [5, 5.41) is 0.487. The predicted molar refractivity (Wildman–Crippen MR) is 148 cm³/mol. The zero-order valence-corrected chi connectivity index (χ0v) is 22.8. The quantitative estimate of drug-likeness (QED) is 0.129. The Labute approximate surface area is 217 Å². The molecule has 35 heavy (non-hydrogen) atoms. The number of unbranched alkanes of at least 4 members (excludes halogenated alkanes) is 13. The molecule has 0 spiro atoms. The standard InChI is InChI=1S/C31H45ClFN2/c1-3-4-5-6-7-8-9-10-11-12-13-14-15-18-24-34-26(2)35(31-23-17-16-22-30(31)34)25-27-28(32)20-19-21-29(27)33/h16-17,19-23H,3-15,18,24-25H2,1-2H3/q+1. The molecule has 1 heterocycles. The number of aryl methyl sites for hydroxylation is 1. The van der Waals surface area contributed by atoms with E-state index in [4.69, 9.17) is 11.6 Å². The summed E-state index contributed by atoms with van der Waals surface area (Å²) < 4.78 is 19.1. The average molecular weight is 500 g/mol. The highest BCUT2D eigenvalue weighted by Crippen LogP contribution is 2.22. The van der Waals surface area contributed by atoms with Gasteiger partial charge in [0.2, 0.25) is 0 Å². The second-order valence-corrected chi connectivity index (χ2v) is 10.5. The molecule has 0 fully saturated rings. The lowest BCUT2D eigenvalue weighted by atomic mass is 10.0. The van der Waals surface area contributed by atoms with Crippen molar-refractivity contribution in [2.75, 3.05) is 0 Å². The van der Waals surface area contributed by atoms with Crippen molar-refractivity contribution in [1.82, 2.24) is 4.57 Å². The molecule has 1 aromatic heterocycles. The molecular formula is C31H45ClFN2+. The Morgan fingerprint density at radius 3 is 1.91 bits per heavy atom. The summed E-state index contributed by atoms with van der Waals surface area (Å²) in [6.07, 6.45) is 19.2. The molecule has 0 saturated carbocycles. The summed E-state index contributed by atoms with van der Waals surface area (Å²) in [5.74, 6) is 0.911. The van der Waals surface area contributed by atoms with Crippen LogP contribution in [0.25, 0.3) is 11.0 Å². The summed E-state index contributed by atoms with van der Waals surface area (Å²) in [6, 6.07) is 13.4. The Morgan fingerprint density at radius 2 is 1.31 bits per heavy atom. The SMILES string of the molecule is CCCCCCCCCCCCCCCCn1c(C)[n+](Cc2c(F)cccc2Cl)c2ccccc21. The minimum atomic E-state index is -0.242. The van der Waals surface area contributed by atoms with Gasteiger partial charge in [0.15, 0.2) is 11.0 Å². The maximum Gasteiger partial charge on any atom is 0.254 e. The number of benzene rings is 2. The van der Waals surface area contributed by atoms with Crippen LogP contribution in [0.3, 0.4) is 0 Å². The van der Waals surface area contributed by atoms with Crippen LogP contribution in [-0.2, 0) is 13.1 Å². The van der Waals surface area contributed by atoms with E-state index in [0.29, 0.717) is 17.1 Å². The molecule has 0 atom stereocenters. The summed E-state index contributed by atoms with van der Waals surface area (Å²) in [6.45, 7) is 5.87. The first-order chi connectivity index (χ1) is 17.1. The molecule has 2 nitrogen and oxygen atoms in total. The highest BCUT2D eigenvalue weighted by molar-refractivity contribution is 6.31. The van der Waals surface area contributed by atoms with Crippen LogP contribution in [-0.4, -0.2) is 4.57 Å². The van der Waals surface area contributed by atoms with Crippen LogP contribution in [0.5, 0.6) is 0 Å². The Morgan fingerprint density at radius 1 is 0.743 bits per heavy atom. The lowest BCUT2D eigenvalue weighted by Gasteiger charge is -2.06. The molecule has 192 valence electrons. The third kappa shape index (κ3) is 8.34. The van der Waals surface area contributed by atoms with Gasteiger partial charge >= 0.3 is 0 Å². The number of rotatable bonds is 17.